The molecule has 2 N–H and O–H groups in total. The van der Waals surface area contributed by atoms with Crippen molar-refractivity contribution in [1.29, 1.82) is 0 Å². The lowest BCUT2D eigenvalue weighted by Gasteiger charge is -2.09. The molecule has 0 amide bonds. The molecule has 1 aromatic heterocycles. The fourth-order valence-corrected chi connectivity index (χ4v) is 3.08. The van der Waals surface area contributed by atoms with Crippen LogP contribution in [0.1, 0.15) is 18.4 Å². The van der Waals surface area contributed by atoms with E-state index in [2.05, 4.69) is 31.0 Å². The Bertz CT molecular complexity index is 491. The van der Waals surface area contributed by atoms with Crippen molar-refractivity contribution in [3.05, 3.63) is 22.3 Å². The Labute approximate surface area is 117 Å². The lowest BCUT2D eigenvalue weighted by molar-refractivity contribution is 0.595. The van der Waals surface area contributed by atoms with E-state index in [-0.39, 0.29) is 5.75 Å². The molecule has 0 atom stereocenters. The highest BCUT2D eigenvalue weighted by molar-refractivity contribution is 9.10. The lowest BCUT2D eigenvalue weighted by Crippen LogP contribution is -2.19. The van der Waals surface area contributed by atoms with Gasteiger partial charge in [0.25, 0.3) is 0 Å². The van der Waals surface area contributed by atoms with E-state index in [0.29, 0.717) is 12.2 Å². The number of hydrogen-bond acceptors (Lipinski definition) is 4. The molecule has 1 aromatic rings. The summed E-state index contributed by atoms with van der Waals surface area (Å²) in [5, 5.41) is 2.99. The van der Waals surface area contributed by atoms with E-state index < -0.39 is 10.0 Å². The first-order valence-electron chi connectivity index (χ1n) is 5.72. The van der Waals surface area contributed by atoms with Crippen LogP contribution in [0, 0.1) is 6.92 Å². The van der Waals surface area contributed by atoms with Gasteiger partial charge in [0.2, 0.25) is 10.0 Å². The SMILES string of the molecule is CNCCCCS(=O)(=O)Nc1ncc(Br)cc1C. The van der Waals surface area contributed by atoms with Crippen LogP contribution in [-0.4, -0.2) is 32.7 Å². The van der Waals surface area contributed by atoms with Crippen molar-refractivity contribution in [3.63, 3.8) is 0 Å². The van der Waals surface area contributed by atoms with Gasteiger partial charge in [0.1, 0.15) is 5.82 Å². The van der Waals surface area contributed by atoms with Gasteiger partial charge in [0.15, 0.2) is 0 Å². The molecule has 0 saturated heterocycles. The third-order valence-corrected chi connectivity index (χ3v) is 4.15. The molecule has 102 valence electrons. The second-order valence-corrected chi connectivity index (χ2v) is 6.81. The standard InChI is InChI=1S/C11H18BrN3O2S/c1-9-7-10(12)8-14-11(9)15-18(16,17)6-4-3-5-13-2/h7-8,13H,3-6H2,1-2H3,(H,14,15). The maximum Gasteiger partial charge on any atom is 0.233 e. The molecule has 18 heavy (non-hydrogen) atoms. The molecule has 5 nitrogen and oxygen atoms in total. The van der Waals surface area contributed by atoms with E-state index in [1.54, 1.807) is 6.20 Å². The summed E-state index contributed by atoms with van der Waals surface area (Å²) in [6.07, 6.45) is 3.04. The molecular weight excluding hydrogens is 318 g/mol. The summed E-state index contributed by atoms with van der Waals surface area (Å²) in [5.74, 6) is 0.512. The van der Waals surface area contributed by atoms with Crippen LogP contribution in [0.3, 0.4) is 0 Å². The molecule has 7 heteroatoms. The number of pyridine rings is 1. The first-order chi connectivity index (χ1) is 8.44. The van der Waals surface area contributed by atoms with Crippen LogP contribution < -0.4 is 10.0 Å². The number of anilines is 1. The van der Waals surface area contributed by atoms with Crippen molar-refractivity contribution in [3.8, 4) is 0 Å². The number of aromatic nitrogens is 1. The second kappa shape index (κ2) is 7.06. The molecule has 0 radical (unpaired) electrons. The topological polar surface area (TPSA) is 71.1 Å². The minimum atomic E-state index is -3.31. The first kappa shape index (κ1) is 15.4. The number of unbranched alkanes of at least 4 members (excludes halogenated alkanes) is 1. The summed E-state index contributed by atoms with van der Waals surface area (Å²) in [7, 11) is -1.46. The maximum atomic E-state index is 11.8. The summed E-state index contributed by atoms with van der Waals surface area (Å²) >= 11 is 3.29. The summed E-state index contributed by atoms with van der Waals surface area (Å²) in [4.78, 5) is 4.06. The normalized spacial score (nSPS) is 11.5. The van der Waals surface area contributed by atoms with Crippen LogP contribution in [0.2, 0.25) is 0 Å². The Kier molecular flexibility index (Phi) is 6.04. The number of halogens is 1. The van der Waals surface area contributed by atoms with E-state index in [9.17, 15) is 8.42 Å². The van der Waals surface area contributed by atoms with Gasteiger partial charge in [-0.25, -0.2) is 13.4 Å². The van der Waals surface area contributed by atoms with Gasteiger partial charge in [-0.2, -0.15) is 0 Å². The Morgan fingerprint density at radius 3 is 2.72 bits per heavy atom. The summed E-state index contributed by atoms with van der Waals surface area (Å²) < 4.78 is 27.0. The van der Waals surface area contributed by atoms with Crippen molar-refractivity contribution >= 4 is 31.8 Å². The number of nitrogens with one attached hydrogen (secondary N) is 2. The summed E-state index contributed by atoms with van der Waals surface area (Å²) in [6, 6.07) is 1.83. The third kappa shape index (κ3) is 5.32. The molecule has 0 bridgehead atoms. The lowest BCUT2D eigenvalue weighted by atomic mass is 10.3. The van der Waals surface area contributed by atoms with Crippen molar-refractivity contribution in [2.45, 2.75) is 19.8 Å². The highest BCUT2D eigenvalue weighted by atomic mass is 79.9. The summed E-state index contributed by atoms with van der Waals surface area (Å²) in [5.41, 5.74) is 0.795. The van der Waals surface area contributed by atoms with Crippen LogP contribution in [-0.2, 0) is 10.0 Å². The zero-order valence-corrected chi connectivity index (χ0v) is 12.9. The van der Waals surface area contributed by atoms with Crippen molar-refractivity contribution in [2.75, 3.05) is 24.1 Å². The average molecular weight is 336 g/mol. The highest BCUT2D eigenvalue weighted by Crippen LogP contribution is 2.18. The van der Waals surface area contributed by atoms with Crippen LogP contribution >= 0.6 is 15.9 Å². The minimum absolute atomic E-state index is 0.117. The van der Waals surface area contributed by atoms with Gasteiger partial charge >= 0.3 is 0 Å². The fraction of sp³-hybridized carbons (Fsp3) is 0.545. The van der Waals surface area contributed by atoms with Crippen LogP contribution in [0.15, 0.2) is 16.7 Å². The Morgan fingerprint density at radius 2 is 2.11 bits per heavy atom. The summed E-state index contributed by atoms with van der Waals surface area (Å²) in [6.45, 7) is 2.64. The quantitative estimate of drug-likeness (QED) is 0.746. The molecule has 0 aliphatic heterocycles. The van der Waals surface area contributed by atoms with Gasteiger partial charge in [0.05, 0.1) is 5.75 Å². The van der Waals surface area contributed by atoms with Gasteiger partial charge in [0, 0.05) is 10.7 Å². The smallest absolute Gasteiger partial charge is 0.233 e. The van der Waals surface area contributed by atoms with E-state index in [4.69, 9.17) is 0 Å². The number of aryl methyl sites for hydroxylation is 1. The van der Waals surface area contributed by atoms with E-state index in [1.807, 2.05) is 20.0 Å². The second-order valence-electron chi connectivity index (χ2n) is 4.05. The number of rotatable bonds is 7. The number of nitrogens with zero attached hydrogens (tertiary/aromatic N) is 1. The van der Waals surface area contributed by atoms with Gasteiger partial charge in [-0.05, 0) is 60.9 Å². The Balaban J connectivity index is 2.59. The van der Waals surface area contributed by atoms with Crippen molar-refractivity contribution in [2.24, 2.45) is 0 Å². The van der Waals surface area contributed by atoms with Crippen molar-refractivity contribution < 1.29 is 8.42 Å². The van der Waals surface area contributed by atoms with Gasteiger partial charge in [-0.15, -0.1) is 0 Å². The van der Waals surface area contributed by atoms with E-state index >= 15 is 0 Å². The molecule has 0 fully saturated rings. The van der Waals surface area contributed by atoms with E-state index in [0.717, 1.165) is 23.0 Å². The molecule has 0 saturated carbocycles. The molecule has 0 aliphatic rings. The zero-order chi connectivity index (χ0) is 13.6. The van der Waals surface area contributed by atoms with Crippen LogP contribution in [0.5, 0.6) is 0 Å². The highest BCUT2D eigenvalue weighted by Gasteiger charge is 2.12. The maximum absolute atomic E-state index is 11.8. The Hall–Kier alpha value is -0.660. The predicted molar refractivity (Wildman–Crippen MR) is 77.2 cm³/mol. The fourth-order valence-electron chi connectivity index (χ4n) is 1.44. The molecule has 0 aromatic carbocycles. The molecule has 0 aliphatic carbocycles. The van der Waals surface area contributed by atoms with Gasteiger partial charge in [-0.1, -0.05) is 0 Å². The molecule has 0 spiro atoms. The monoisotopic (exact) mass is 335 g/mol. The number of sulfonamides is 1. The third-order valence-electron chi connectivity index (χ3n) is 2.39. The molecule has 1 rings (SSSR count). The van der Waals surface area contributed by atoms with E-state index in [1.165, 1.54) is 0 Å². The number of hydrogen-bond donors (Lipinski definition) is 2. The molecule has 0 unspecified atom stereocenters. The van der Waals surface area contributed by atoms with Gasteiger partial charge in [-0.3, -0.25) is 4.72 Å². The van der Waals surface area contributed by atoms with Crippen LogP contribution in [0.25, 0.3) is 0 Å². The van der Waals surface area contributed by atoms with Gasteiger partial charge < -0.3 is 5.32 Å². The Morgan fingerprint density at radius 1 is 1.39 bits per heavy atom. The average Bonchev–Trinajstić information content (AvgIpc) is 2.28. The molecular formula is C11H18BrN3O2S. The molecule has 1 heterocycles. The largest absolute Gasteiger partial charge is 0.320 e. The van der Waals surface area contributed by atoms with Crippen LogP contribution in [0.4, 0.5) is 5.82 Å². The zero-order valence-electron chi connectivity index (χ0n) is 10.5. The van der Waals surface area contributed by atoms with Crippen molar-refractivity contribution in [1.82, 2.24) is 10.3 Å². The predicted octanol–water partition coefficient (Wildman–Crippen LogP) is 1.89. The first-order valence-corrected chi connectivity index (χ1v) is 8.16. The minimum Gasteiger partial charge on any atom is -0.320 e.